The van der Waals surface area contributed by atoms with Crippen LogP contribution < -0.4 is 5.32 Å². The van der Waals surface area contributed by atoms with E-state index in [4.69, 9.17) is 4.52 Å². The molecule has 0 unspecified atom stereocenters. The van der Waals surface area contributed by atoms with Crippen LogP contribution in [0, 0.1) is 0 Å². The van der Waals surface area contributed by atoms with Crippen molar-refractivity contribution in [3.8, 4) is 0 Å². The minimum atomic E-state index is -0.199. The van der Waals surface area contributed by atoms with Crippen molar-refractivity contribution in [3.05, 3.63) is 11.8 Å². The molecule has 9 heteroatoms. The molecule has 0 radical (unpaired) electrons. The lowest BCUT2D eigenvalue weighted by atomic mass is 9.92. The lowest BCUT2D eigenvalue weighted by molar-refractivity contribution is -0.113. The Kier molecular flexibility index (Phi) is 4.07. The molecule has 1 amide bonds. The van der Waals surface area contributed by atoms with Gasteiger partial charge in [-0.25, -0.2) is 4.68 Å². The smallest absolute Gasteiger partial charge is 0.237 e. The van der Waals surface area contributed by atoms with Crippen LogP contribution in [-0.4, -0.2) is 37.0 Å². The number of nitrogens with zero attached hydrogens (tertiary/aromatic N) is 5. The molecule has 8 nitrogen and oxygen atoms in total. The molecule has 2 heterocycles. The van der Waals surface area contributed by atoms with Crippen molar-refractivity contribution < 1.29 is 9.32 Å². The molecule has 0 saturated heterocycles. The van der Waals surface area contributed by atoms with Crippen molar-refractivity contribution in [3.63, 3.8) is 0 Å². The number of aryl methyl sites for hydroxylation is 1. The van der Waals surface area contributed by atoms with Crippen LogP contribution in [0.5, 0.6) is 0 Å². The van der Waals surface area contributed by atoms with Gasteiger partial charge in [0.2, 0.25) is 16.9 Å². The molecule has 20 heavy (non-hydrogen) atoms. The van der Waals surface area contributed by atoms with Crippen LogP contribution in [-0.2, 0) is 17.3 Å². The van der Waals surface area contributed by atoms with E-state index in [0.29, 0.717) is 11.0 Å². The van der Waals surface area contributed by atoms with Gasteiger partial charge in [-0.2, -0.15) is 0 Å². The van der Waals surface area contributed by atoms with Gasteiger partial charge in [0, 0.05) is 18.5 Å². The first-order chi connectivity index (χ1) is 9.36. The van der Waals surface area contributed by atoms with Gasteiger partial charge in [0.1, 0.15) is 0 Å². The normalized spacial score (nSPS) is 11.6. The molecule has 0 aromatic carbocycles. The maximum Gasteiger partial charge on any atom is 0.237 e. The van der Waals surface area contributed by atoms with E-state index < -0.39 is 0 Å². The number of tetrazole rings is 1. The van der Waals surface area contributed by atoms with E-state index in [1.165, 1.54) is 16.4 Å². The number of anilines is 1. The molecule has 108 valence electrons. The zero-order chi connectivity index (χ0) is 14.8. The van der Waals surface area contributed by atoms with Crippen LogP contribution in [0.1, 0.15) is 26.5 Å². The first-order valence-electron chi connectivity index (χ1n) is 5.98. The van der Waals surface area contributed by atoms with E-state index >= 15 is 0 Å². The zero-order valence-corrected chi connectivity index (χ0v) is 12.6. The number of hydrogen-bond acceptors (Lipinski definition) is 7. The SMILES string of the molecule is Cn1nnnc1SCC(=O)Nc1cc(C(C)(C)C)no1. The topological polar surface area (TPSA) is 98.7 Å². The Bertz CT molecular complexity index is 600. The Labute approximate surface area is 120 Å². The van der Waals surface area contributed by atoms with Crippen molar-refractivity contribution >= 4 is 23.6 Å². The molecule has 0 aliphatic carbocycles. The summed E-state index contributed by atoms with van der Waals surface area (Å²) in [6.07, 6.45) is 0. The highest BCUT2D eigenvalue weighted by Gasteiger charge is 2.19. The second kappa shape index (κ2) is 5.61. The molecule has 1 N–H and O–H groups in total. The first-order valence-corrected chi connectivity index (χ1v) is 6.97. The number of thioether (sulfide) groups is 1. The summed E-state index contributed by atoms with van der Waals surface area (Å²) in [5.74, 6) is 0.339. The van der Waals surface area contributed by atoms with Gasteiger partial charge in [0.25, 0.3) is 0 Å². The summed E-state index contributed by atoms with van der Waals surface area (Å²) in [6, 6.07) is 1.73. The Hall–Kier alpha value is -1.90. The van der Waals surface area contributed by atoms with Crippen LogP contribution in [0.4, 0.5) is 5.88 Å². The minimum Gasteiger partial charge on any atom is -0.338 e. The molecular formula is C11H16N6O2S. The highest BCUT2D eigenvalue weighted by Crippen LogP contribution is 2.23. The van der Waals surface area contributed by atoms with Gasteiger partial charge >= 0.3 is 0 Å². The molecule has 0 aliphatic rings. The van der Waals surface area contributed by atoms with E-state index in [1.54, 1.807) is 13.1 Å². The van der Waals surface area contributed by atoms with Crippen LogP contribution in [0.2, 0.25) is 0 Å². The summed E-state index contributed by atoms with van der Waals surface area (Å²) in [5, 5.41) is 18.1. The largest absolute Gasteiger partial charge is 0.338 e. The molecule has 0 bridgehead atoms. The zero-order valence-electron chi connectivity index (χ0n) is 11.7. The summed E-state index contributed by atoms with van der Waals surface area (Å²) in [4.78, 5) is 11.8. The van der Waals surface area contributed by atoms with Gasteiger partial charge in [-0.15, -0.1) is 5.10 Å². The molecule has 2 aromatic heterocycles. The Morgan fingerprint density at radius 1 is 1.50 bits per heavy atom. The highest BCUT2D eigenvalue weighted by molar-refractivity contribution is 7.99. The maximum atomic E-state index is 11.8. The number of rotatable bonds is 4. The number of carbonyl (C=O) groups excluding carboxylic acids is 1. The third-order valence-corrected chi connectivity index (χ3v) is 3.47. The third kappa shape index (κ3) is 3.56. The fourth-order valence-corrected chi connectivity index (χ4v) is 1.98. The Morgan fingerprint density at radius 2 is 2.25 bits per heavy atom. The number of hydrogen-bond donors (Lipinski definition) is 1. The van der Waals surface area contributed by atoms with Crippen molar-refractivity contribution in [1.82, 2.24) is 25.4 Å². The summed E-state index contributed by atoms with van der Waals surface area (Å²) in [7, 11) is 1.71. The van der Waals surface area contributed by atoms with Gasteiger partial charge < -0.3 is 4.52 Å². The molecule has 2 aromatic rings. The second-order valence-corrected chi connectivity index (χ2v) is 6.19. The molecule has 0 aliphatic heterocycles. The van der Waals surface area contributed by atoms with Crippen molar-refractivity contribution in [2.45, 2.75) is 31.3 Å². The van der Waals surface area contributed by atoms with Gasteiger partial charge in [-0.3, -0.25) is 10.1 Å². The number of aromatic nitrogens is 5. The maximum absolute atomic E-state index is 11.8. The number of nitrogens with one attached hydrogen (secondary N) is 1. The quantitative estimate of drug-likeness (QED) is 0.847. The van der Waals surface area contributed by atoms with Crippen LogP contribution in [0.25, 0.3) is 0 Å². The average molecular weight is 296 g/mol. The summed E-state index contributed by atoms with van der Waals surface area (Å²) in [5.41, 5.74) is 0.670. The fraction of sp³-hybridized carbons (Fsp3) is 0.545. The molecule has 0 spiro atoms. The first kappa shape index (κ1) is 14.5. The third-order valence-electron chi connectivity index (χ3n) is 2.45. The second-order valence-electron chi connectivity index (χ2n) is 5.25. The van der Waals surface area contributed by atoms with Crippen molar-refractivity contribution in [2.24, 2.45) is 7.05 Å². The lowest BCUT2D eigenvalue weighted by Crippen LogP contribution is -2.14. The van der Waals surface area contributed by atoms with Crippen LogP contribution in [0.3, 0.4) is 0 Å². The molecule has 2 rings (SSSR count). The van der Waals surface area contributed by atoms with E-state index in [9.17, 15) is 4.79 Å². The van der Waals surface area contributed by atoms with Gasteiger partial charge in [-0.05, 0) is 10.4 Å². The molecular weight excluding hydrogens is 280 g/mol. The van der Waals surface area contributed by atoms with Crippen molar-refractivity contribution in [2.75, 3.05) is 11.1 Å². The predicted octanol–water partition coefficient (Wildman–Crippen LogP) is 1.23. The van der Waals surface area contributed by atoms with E-state index in [0.717, 1.165) is 5.69 Å². The van der Waals surface area contributed by atoms with E-state index in [1.807, 2.05) is 20.8 Å². The van der Waals surface area contributed by atoms with Crippen molar-refractivity contribution in [1.29, 1.82) is 0 Å². The van der Waals surface area contributed by atoms with E-state index in [2.05, 4.69) is 26.0 Å². The van der Waals surface area contributed by atoms with Gasteiger partial charge in [-0.1, -0.05) is 37.7 Å². The Balaban J connectivity index is 1.89. The standard InChI is InChI=1S/C11H16N6O2S/c1-11(2,3)7-5-9(19-14-7)12-8(18)6-20-10-13-15-16-17(10)4/h5H,6H2,1-4H3,(H,12,18). The van der Waals surface area contributed by atoms with Crippen LogP contribution in [0.15, 0.2) is 15.7 Å². The number of carbonyl (C=O) groups is 1. The average Bonchev–Trinajstić information content (AvgIpc) is 2.95. The summed E-state index contributed by atoms with van der Waals surface area (Å²) >= 11 is 1.25. The summed E-state index contributed by atoms with van der Waals surface area (Å²) in [6.45, 7) is 6.06. The summed E-state index contributed by atoms with van der Waals surface area (Å²) < 4.78 is 6.59. The minimum absolute atomic E-state index is 0.120. The molecule has 0 saturated carbocycles. The highest BCUT2D eigenvalue weighted by atomic mass is 32.2. The number of amides is 1. The van der Waals surface area contributed by atoms with Crippen LogP contribution >= 0.6 is 11.8 Å². The van der Waals surface area contributed by atoms with Gasteiger partial charge in [0.05, 0.1) is 11.4 Å². The molecule has 0 fully saturated rings. The lowest BCUT2D eigenvalue weighted by Gasteiger charge is -2.12. The monoisotopic (exact) mass is 296 g/mol. The van der Waals surface area contributed by atoms with E-state index in [-0.39, 0.29) is 17.1 Å². The Morgan fingerprint density at radius 3 is 2.80 bits per heavy atom. The predicted molar refractivity (Wildman–Crippen MR) is 73.4 cm³/mol. The fourth-order valence-electron chi connectivity index (χ4n) is 1.33. The molecule has 0 atom stereocenters. The van der Waals surface area contributed by atoms with Gasteiger partial charge in [0.15, 0.2) is 0 Å².